The van der Waals surface area contributed by atoms with Crippen LogP contribution in [0.25, 0.3) is 0 Å². The van der Waals surface area contributed by atoms with E-state index in [1.165, 1.54) is 11.1 Å². The molecule has 9 heteroatoms. The Labute approximate surface area is 120 Å². The van der Waals surface area contributed by atoms with Crippen molar-refractivity contribution in [3.63, 3.8) is 0 Å². The van der Waals surface area contributed by atoms with Gasteiger partial charge in [-0.25, -0.2) is 0 Å². The maximum atomic E-state index is 12.3. The van der Waals surface area contributed by atoms with E-state index in [0.29, 0.717) is 6.54 Å². The Morgan fingerprint density at radius 2 is 2.35 bits per heavy atom. The highest BCUT2D eigenvalue weighted by Crippen LogP contribution is 2.20. The summed E-state index contributed by atoms with van der Waals surface area (Å²) in [6, 6.07) is 1.13. The minimum Gasteiger partial charge on any atom is -0.358 e. The smallest absolute Gasteiger partial charge is 0.358 e. The highest BCUT2D eigenvalue weighted by molar-refractivity contribution is 7.98. The van der Waals surface area contributed by atoms with Gasteiger partial charge in [0.05, 0.1) is 11.6 Å². The fourth-order valence-corrected chi connectivity index (χ4v) is 2.01. The van der Waals surface area contributed by atoms with Crippen LogP contribution in [0, 0.1) is 10.1 Å². The lowest BCUT2D eigenvalue weighted by atomic mass is 10.2. The quantitative estimate of drug-likeness (QED) is 0.335. The van der Waals surface area contributed by atoms with Crippen molar-refractivity contribution in [2.45, 2.75) is 6.42 Å². The van der Waals surface area contributed by atoms with Crippen molar-refractivity contribution in [3.8, 4) is 0 Å². The van der Waals surface area contributed by atoms with Gasteiger partial charge in [0, 0.05) is 13.6 Å². The molecule has 3 N–H and O–H groups in total. The van der Waals surface area contributed by atoms with E-state index in [9.17, 15) is 14.9 Å². The van der Waals surface area contributed by atoms with E-state index in [1.54, 1.807) is 18.8 Å². The van der Waals surface area contributed by atoms with E-state index in [-0.39, 0.29) is 23.0 Å². The summed E-state index contributed by atoms with van der Waals surface area (Å²) < 4.78 is 0. The molecule has 1 heterocycles. The van der Waals surface area contributed by atoms with Crippen LogP contribution in [0.2, 0.25) is 0 Å². The van der Waals surface area contributed by atoms with Crippen molar-refractivity contribution in [1.82, 2.24) is 9.88 Å². The molecule has 0 aliphatic rings. The lowest BCUT2D eigenvalue weighted by Crippen LogP contribution is -2.29. The van der Waals surface area contributed by atoms with Crippen LogP contribution < -0.4 is 11.3 Å². The number of amides is 1. The van der Waals surface area contributed by atoms with Gasteiger partial charge in [-0.1, -0.05) is 0 Å². The van der Waals surface area contributed by atoms with E-state index in [1.807, 2.05) is 6.26 Å². The van der Waals surface area contributed by atoms with Gasteiger partial charge in [-0.05, 0) is 28.3 Å². The van der Waals surface area contributed by atoms with Crippen LogP contribution in [0.4, 0.5) is 11.5 Å². The number of hydrazine groups is 1. The van der Waals surface area contributed by atoms with Gasteiger partial charge < -0.3 is 20.4 Å². The van der Waals surface area contributed by atoms with Crippen molar-refractivity contribution >= 4 is 29.2 Å². The van der Waals surface area contributed by atoms with Crippen molar-refractivity contribution in [3.05, 3.63) is 27.9 Å². The molecule has 0 saturated carbocycles. The van der Waals surface area contributed by atoms with Gasteiger partial charge >= 0.3 is 5.82 Å². The molecule has 0 radical (unpaired) electrons. The number of nitrogens with one attached hydrogen (secondary N) is 1. The van der Waals surface area contributed by atoms with Gasteiger partial charge in [0.2, 0.25) is 0 Å². The zero-order valence-corrected chi connectivity index (χ0v) is 12.1. The second-order valence-electron chi connectivity index (χ2n) is 4.06. The number of aromatic nitrogens is 1. The molecule has 0 aromatic carbocycles. The van der Waals surface area contributed by atoms with Crippen LogP contribution in [0.15, 0.2) is 12.3 Å². The maximum Gasteiger partial charge on any atom is 0.364 e. The van der Waals surface area contributed by atoms with Gasteiger partial charge in [-0.15, -0.1) is 0 Å². The molecule has 8 nitrogen and oxygen atoms in total. The molecular weight excluding hydrogens is 282 g/mol. The van der Waals surface area contributed by atoms with Gasteiger partial charge in [0.1, 0.15) is 5.69 Å². The lowest BCUT2D eigenvalue weighted by Gasteiger charge is -2.18. The normalized spacial score (nSPS) is 10.2. The third kappa shape index (κ3) is 4.07. The Morgan fingerprint density at radius 3 is 2.90 bits per heavy atom. The molecule has 1 aromatic heterocycles. The number of hydrogen-bond acceptors (Lipinski definition) is 7. The summed E-state index contributed by atoms with van der Waals surface area (Å²) in [5.41, 5.74) is 2.73. The Hall–Kier alpha value is -1.87. The molecule has 0 fully saturated rings. The third-order valence-corrected chi connectivity index (χ3v) is 3.35. The number of anilines is 1. The first-order chi connectivity index (χ1) is 9.51. The van der Waals surface area contributed by atoms with Gasteiger partial charge in [-0.3, -0.25) is 10.6 Å². The molecular formula is C11H17N5O3S. The number of thioether (sulfide) groups is 1. The minimum absolute atomic E-state index is 0.140. The summed E-state index contributed by atoms with van der Waals surface area (Å²) in [4.78, 5) is 27.5. The van der Waals surface area contributed by atoms with Crippen molar-refractivity contribution in [2.24, 2.45) is 5.84 Å². The highest BCUT2D eigenvalue weighted by Gasteiger charge is 2.21. The third-order valence-electron chi connectivity index (χ3n) is 2.65. The molecule has 1 amide bonds. The topological polar surface area (TPSA) is 114 Å². The molecule has 0 unspecified atom stereocenters. The number of nitrogens with two attached hydrogens (primary N) is 1. The van der Waals surface area contributed by atoms with Crippen LogP contribution in [-0.4, -0.2) is 46.3 Å². The Balaban J connectivity index is 2.94. The number of hydrogen-bond donors (Lipinski definition) is 2. The molecule has 20 heavy (non-hydrogen) atoms. The number of carbonyl (C=O) groups excluding carboxylic acids is 1. The second-order valence-corrected chi connectivity index (χ2v) is 5.05. The summed E-state index contributed by atoms with van der Waals surface area (Å²) in [5, 5.41) is 10.7. The van der Waals surface area contributed by atoms with Crippen LogP contribution in [0.5, 0.6) is 0 Å². The van der Waals surface area contributed by atoms with E-state index >= 15 is 0 Å². The fourth-order valence-electron chi connectivity index (χ4n) is 1.59. The van der Waals surface area contributed by atoms with Crippen molar-refractivity contribution in [1.29, 1.82) is 0 Å². The summed E-state index contributed by atoms with van der Waals surface area (Å²) in [6.45, 7) is 0.569. The zero-order chi connectivity index (χ0) is 15.1. The predicted molar refractivity (Wildman–Crippen MR) is 78.7 cm³/mol. The monoisotopic (exact) mass is 299 g/mol. The standard InChI is InChI=1S/C11H17N5O3S/c1-15(4-3-5-20-2)11(17)8-6-10(16(18)19)13-7-9(8)14-12/h6-7,14H,3-5,12H2,1-2H3. The number of rotatable bonds is 7. The van der Waals surface area contributed by atoms with Crippen molar-refractivity contribution in [2.75, 3.05) is 31.0 Å². The minimum atomic E-state index is -0.648. The fraction of sp³-hybridized carbons (Fsp3) is 0.455. The van der Waals surface area contributed by atoms with Crippen LogP contribution in [0.1, 0.15) is 16.8 Å². The van der Waals surface area contributed by atoms with E-state index in [4.69, 9.17) is 5.84 Å². The Kier molecular flexibility index (Phi) is 6.19. The van der Waals surface area contributed by atoms with E-state index in [0.717, 1.165) is 18.2 Å². The molecule has 0 atom stereocenters. The largest absolute Gasteiger partial charge is 0.364 e. The number of pyridine rings is 1. The van der Waals surface area contributed by atoms with Gasteiger partial charge in [0.15, 0.2) is 6.20 Å². The van der Waals surface area contributed by atoms with E-state index in [2.05, 4.69) is 10.4 Å². The highest BCUT2D eigenvalue weighted by atomic mass is 32.2. The van der Waals surface area contributed by atoms with Gasteiger partial charge in [-0.2, -0.15) is 11.8 Å². The number of nitro groups is 1. The maximum absolute atomic E-state index is 12.3. The average Bonchev–Trinajstić information content (AvgIpc) is 2.45. The second kappa shape index (κ2) is 7.65. The first-order valence-electron chi connectivity index (χ1n) is 5.86. The molecule has 0 bridgehead atoms. The Morgan fingerprint density at radius 1 is 1.65 bits per heavy atom. The molecule has 0 aliphatic heterocycles. The van der Waals surface area contributed by atoms with Crippen LogP contribution in [-0.2, 0) is 0 Å². The number of carbonyl (C=O) groups is 1. The first kappa shape index (κ1) is 16.2. The summed E-state index contributed by atoms with van der Waals surface area (Å²) in [7, 11) is 1.65. The van der Waals surface area contributed by atoms with Crippen LogP contribution in [0.3, 0.4) is 0 Å². The SMILES string of the molecule is CSCCCN(C)C(=O)c1cc([N+](=O)[O-])ncc1NN. The zero-order valence-electron chi connectivity index (χ0n) is 11.3. The lowest BCUT2D eigenvalue weighted by molar-refractivity contribution is -0.389. The molecule has 110 valence electrons. The summed E-state index contributed by atoms with van der Waals surface area (Å²) in [5.74, 6) is 5.53. The predicted octanol–water partition coefficient (Wildman–Crippen LogP) is 1.10. The molecule has 0 saturated heterocycles. The summed E-state index contributed by atoms with van der Waals surface area (Å²) in [6.07, 6.45) is 4.02. The number of nitrogen functional groups attached to an aromatic ring is 1. The average molecular weight is 299 g/mol. The molecule has 0 spiro atoms. The molecule has 1 rings (SSSR count). The van der Waals surface area contributed by atoms with Crippen molar-refractivity contribution < 1.29 is 9.72 Å². The molecule has 1 aromatic rings. The summed E-state index contributed by atoms with van der Waals surface area (Å²) >= 11 is 1.70. The van der Waals surface area contributed by atoms with Crippen LogP contribution >= 0.6 is 11.8 Å². The van der Waals surface area contributed by atoms with Gasteiger partial charge in [0.25, 0.3) is 5.91 Å². The first-order valence-corrected chi connectivity index (χ1v) is 7.26. The van der Waals surface area contributed by atoms with E-state index < -0.39 is 4.92 Å². The molecule has 0 aliphatic carbocycles. The Bertz CT molecular complexity index is 497. The number of nitrogens with zero attached hydrogens (tertiary/aromatic N) is 3.